The van der Waals surface area contributed by atoms with Crippen LogP contribution in [0.15, 0.2) is 84.0 Å². The first-order chi connectivity index (χ1) is 16.0. The van der Waals surface area contributed by atoms with Crippen molar-refractivity contribution in [2.24, 2.45) is 4.99 Å². The van der Waals surface area contributed by atoms with Crippen molar-refractivity contribution < 1.29 is 9.53 Å². The minimum Gasteiger partial charge on any atom is -0.495 e. The maximum absolute atomic E-state index is 13.5. The van der Waals surface area contributed by atoms with Crippen molar-refractivity contribution in [3.05, 3.63) is 101 Å². The van der Waals surface area contributed by atoms with Gasteiger partial charge in [0.05, 0.1) is 30.4 Å². The second kappa shape index (κ2) is 8.68. The van der Waals surface area contributed by atoms with Crippen molar-refractivity contribution in [2.75, 3.05) is 19.1 Å². The highest BCUT2D eigenvalue weighted by Crippen LogP contribution is 2.31. The molecule has 4 aromatic rings. The number of carbonyl (C=O) groups is 1. The molecular weight excluding hydrogens is 434 g/mol. The molecule has 1 amide bonds. The van der Waals surface area contributed by atoms with E-state index in [0.29, 0.717) is 28.6 Å². The number of ether oxygens (including phenoxy) is 1. The zero-order valence-electron chi connectivity index (χ0n) is 18.3. The molecule has 0 spiro atoms. The number of benzene rings is 3. The quantitative estimate of drug-likeness (QED) is 0.418. The lowest BCUT2D eigenvalue weighted by molar-refractivity contribution is -0.119. The topological polar surface area (TPSA) is 54.8 Å². The number of likely N-dealkylation sites (N-methyl/N-ethyl adjacent to an activating group) is 1. The average molecular weight is 456 g/mol. The number of aliphatic imine (C=N–C) groups is 1. The summed E-state index contributed by atoms with van der Waals surface area (Å²) in [5, 5.41) is 2.88. The number of halogens is 1. The van der Waals surface area contributed by atoms with Crippen LogP contribution in [0.4, 0.5) is 5.69 Å². The fourth-order valence-electron chi connectivity index (χ4n) is 4.18. The molecule has 0 fully saturated rings. The lowest BCUT2D eigenvalue weighted by atomic mass is 10.0. The van der Waals surface area contributed by atoms with Gasteiger partial charge in [0.2, 0.25) is 0 Å². The summed E-state index contributed by atoms with van der Waals surface area (Å²) in [7, 11) is 3.38. The van der Waals surface area contributed by atoms with Crippen LogP contribution in [0.25, 0.3) is 10.8 Å². The third-order valence-electron chi connectivity index (χ3n) is 5.93. The first kappa shape index (κ1) is 21.2. The number of hydrogen-bond donors (Lipinski definition) is 0. The van der Waals surface area contributed by atoms with Gasteiger partial charge in [-0.2, -0.15) is 0 Å². The molecule has 0 saturated heterocycles. The lowest BCUT2D eigenvalue weighted by Crippen LogP contribution is -2.36. The summed E-state index contributed by atoms with van der Waals surface area (Å²) in [6.45, 7) is 0. The third kappa shape index (κ3) is 4.08. The van der Waals surface area contributed by atoms with E-state index >= 15 is 0 Å². The van der Waals surface area contributed by atoms with E-state index in [4.69, 9.17) is 21.3 Å². The predicted molar refractivity (Wildman–Crippen MR) is 133 cm³/mol. The van der Waals surface area contributed by atoms with Gasteiger partial charge in [-0.3, -0.25) is 14.8 Å². The van der Waals surface area contributed by atoms with E-state index in [1.165, 1.54) is 5.39 Å². The van der Waals surface area contributed by atoms with Crippen LogP contribution in [0.5, 0.6) is 5.75 Å². The summed E-state index contributed by atoms with van der Waals surface area (Å²) >= 11 is 6.34. The molecule has 1 aliphatic rings. The highest BCUT2D eigenvalue weighted by atomic mass is 35.5. The molecule has 6 heteroatoms. The summed E-state index contributed by atoms with van der Waals surface area (Å²) in [4.78, 5) is 24.6. The van der Waals surface area contributed by atoms with Crippen molar-refractivity contribution in [1.29, 1.82) is 0 Å². The minimum atomic E-state index is -0.596. The Hall–Kier alpha value is -3.70. The number of hydrogen-bond acceptors (Lipinski definition) is 4. The fourth-order valence-corrected chi connectivity index (χ4v) is 4.35. The average Bonchev–Trinajstić information content (AvgIpc) is 2.94. The molecule has 33 heavy (non-hydrogen) atoms. The van der Waals surface area contributed by atoms with Gasteiger partial charge in [0.1, 0.15) is 11.8 Å². The molecule has 2 heterocycles. The van der Waals surface area contributed by atoms with E-state index in [0.717, 1.165) is 22.2 Å². The fraction of sp³-hybridized carbons (Fsp3) is 0.148. The Morgan fingerprint density at radius 2 is 1.82 bits per heavy atom. The summed E-state index contributed by atoms with van der Waals surface area (Å²) in [5.74, 6) is 0.579. The molecule has 0 radical (unpaired) electrons. The number of aromatic nitrogens is 1. The van der Waals surface area contributed by atoms with Gasteiger partial charge in [0, 0.05) is 24.1 Å². The molecule has 0 N–H and O–H groups in total. The molecule has 0 aliphatic carbocycles. The van der Waals surface area contributed by atoms with Gasteiger partial charge >= 0.3 is 0 Å². The van der Waals surface area contributed by atoms with E-state index in [1.54, 1.807) is 31.3 Å². The van der Waals surface area contributed by atoms with Crippen LogP contribution in [0.3, 0.4) is 0 Å². The van der Waals surface area contributed by atoms with Crippen LogP contribution in [-0.2, 0) is 11.2 Å². The second-order valence-electron chi connectivity index (χ2n) is 8.02. The summed E-state index contributed by atoms with van der Waals surface area (Å²) in [6, 6.07) is 23.0. The van der Waals surface area contributed by atoms with Crippen molar-refractivity contribution >= 4 is 39.7 Å². The van der Waals surface area contributed by atoms with Crippen LogP contribution in [0, 0.1) is 0 Å². The minimum absolute atomic E-state index is 0.0738. The molecular formula is C27H22ClN3O2. The smallest absolute Gasteiger partial charge is 0.251 e. The number of fused-ring (bicyclic) bond motifs is 2. The summed E-state index contributed by atoms with van der Waals surface area (Å²) in [6.07, 6.45) is 2.13. The van der Waals surface area contributed by atoms with Gasteiger partial charge in [-0.05, 0) is 46.7 Å². The van der Waals surface area contributed by atoms with Crippen molar-refractivity contribution in [1.82, 2.24) is 4.98 Å². The molecule has 0 saturated carbocycles. The number of benzodiazepines with no additional fused rings is 1. The number of nitrogens with zero attached hydrogens (tertiary/aromatic N) is 3. The van der Waals surface area contributed by atoms with Gasteiger partial charge < -0.3 is 9.64 Å². The summed E-state index contributed by atoms with van der Waals surface area (Å²) < 4.78 is 5.25. The van der Waals surface area contributed by atoms with Crippen molar-refractivity contribution in [3.63, 3.8) is 0 Å². The van der Waals surface area contributed by atoms with E-state index < -0.39 is 6.04 Å². The molecule has 5 rings (SSSR count). The monoisotopic (exact) mass is 455 g/mol. The Balaban J connectivity index is 1.62. The number of anilines is 1. The van der Waals surface area contributed by atoms with Gasteiger partial charge in [-0.15, -0.1) is 0 Å². The van der Waals surface area contributed by atoms with Crippen LogP contribution >= 0.6 is 11.6 Å². The van der Waals surface area contributed by atoms with Gasteiger partial charge in [0.25, 0.3) is 5.91 Å². The molecule has 5 nitrogen and oxygen atoms in total. The maximum atomic E-state index is 13.5. The van der Waals surface area contributed by atoms with Crippen LogP contribution in [0.2, 0.25) is 5.02 Å². The molecule has 1 aromatic heterocycles. The van der Waals surface area contributed by atoms with Gasteiger partial charge in [-0.1, -0.05) is 54.1 Å². The molecule has 3 aromatic carbocycles. The van der Waals surface area contributed by atoms with E-state index in [9.17, 15) is 4.79 Å². The van der Waals surface area contributed by atoms with E-state index in [2.05, 4.69) is 35.3 Å². The van der Waals surface area contributed by atoms with Gasteiger partial charge in [-0.25, -0.2) is 0 Å². The zero-order valence-corrected chi connectivity index (χ0v) is 19.1. The standard InChI is InChI=1S/C27H22ClN3O2/c1-31-25-12-9-20(28)15-22(25)26(23-11-10-21(33-2)16-29-23)30-24(27(31)32)14-17-7-8-18-5-3-4-6-19(18)13-17/h3-13,15-16,24H,14H2,1-2H3. The molecule has 1 unspecified atom stereocenters. The second-order valence-corrected chi connectivity index (χ2v) is 8.46. The molecule has 0 bridgehead atoms. The summed E-state index contributed by atoms with van der Waals surface area (Å²) in [5.41, 5.74) is 3.87. The first-order valence-corrected chi connectivity index (χ1v) is 11.0. The van der Waals surface area contributed by atoms with Crippen LogP contribution in [-0.4, -0.2) is 36.8 Å². The number of rotatable bonds is 4. The van der Waals surface area contributed by atoms with E-state index in [1.807, 2.05) is 36.4 Å². The lowest BCUT2D eigenvalue weighted by Gasteiger charge is -2.20. The van der Waals surface area contributed by atoms with E-state index in [-0.39, 0.29) is 5.91 Å². The molecule has 164 valence electrons. The highest BCUT2D eigenvalue weighted by molar-refractivity contribution is 6.32. The van der Waals surface area contributed by atoms with Crippen LogP contribution in [0.1, 0.15) is 16.8 Å². The number of methoxy groups -OCH3 is 1. The normalized spacial score (nSPS) is 15.7. The Bertz CT molecular complexity index is 1380. The Kier molecular flexibility index (Phi) is 5.56. The zero-order chi connectivity index (χ0) is 22.9. The number of carbonyl (C=O) groups excluding carboxylic acids is 1. The first-order valence-electron chi connectivity index (χ1n) is 10.7. The molecule has 1 atom stereocenters. The molecule has 1 aliphatic heterocycles. The maximum Gasteiger partial charge on any atom is 0.251 e. The third-order valence-corrected chi connectivity index (χ3v) is 6.17. The van der Waals surface area contributed by atoms with Crippen molar-refractivity contribution in [3.8, 4) is 5.75 Å². The Morgan fingerprint density at radius 1 is 1.00 bits per heavy atom. The Labute approximate surface area is 197 Å². The predicted octanol–water partition coefficient (Wildman–Crippen LogP) is 5.32. The number of pyridine rings is 1. The largest absolute Gasteiger partial charge is 0.495 e. The van der Waals surface area contributed by atoms with Crippen LogP contribution < -0.4 is 9.64 Å². The SMILES string of the molecule is COc1ccc(C2=NC(Cc3ccc4ccccc4c3)C(=O)N(C)c3ccc(Cl)cc32)nc1. The highest BCUT2D eigenvalue weighted by Gasteiger charge is 2.30. The van der Waals surface area contributed by atoms with Gasteiger partial charge in [0.15, 0.2) is 0 Å². The Morgan fingerprint density at radius 3 is 2.58 bits per heavy atom. The van der Waals surface area contributed by atoms with Crippen molar-refractivity contribution in [2.45, 2.75) is 12.5 Å². The number of amides is 1.